The Hall–Kier alpha value is -1.24. The highest BCUT2D eigenvalue weighted by molar-refractivity contribution is 5.74. The van der Waals surface area contributed by atoms with Crippen LogP contribution in [0.3, 0.4) is 0 Å². The van der Waals surface area contributed by atoms with Crippen LogP contribution in [0.25, 0.3) is 0 Å². The number of rotatable bonds is 4. The number of hydrogen-bond donors (Lipinski definition) is 2. The monoisotopic (exact) mass is 223 g/mol. The van der Waals surface area contributed by atoms with E-state index in [9.17, 15) is 4.79 Å². The quantitative estimate of drug-likeness (QED) is 0.768. The first-order chi connectivity index (χ1) is 7.76. The van der Waals surface area contributed by atoms with Gasteiger partial charge in [0.05, 0.1) is 6.07 Å². The van der Waals surface area contributed by atoms with Crippen LogP contribution in [0.4, 0.5) is 4.79 Å². The summed E-state index contributed by atoms with van der Waals surface area (Å²) in [5.74, 6) is 0. The van der Waals surface area contributed by atoms with E-state index >= 15 is 0 Å². The Morgan fingerprint density at radius 2 is 2.12 bits per heavy atom. The number of carbonyl (C=O) groups excluding carboxylic acids is 1. The third kappa shape index (κ3) is 4.52. The molecule has 0 aliphatic heterocycles. The molecule has 1 saturated carbocycles. The summed E-state index contributed by atoms with van der Waals surface area (Å²) in [7, 11) is 0. The second-order valence-electron chi connectivity index (χ2n) is 4.42. The zero-order valence-corrected chi connectivity index (χ0v) is 9.96. The SMILES string of the molecule is CCCC(C#N)NC(=O)NC1CCCCC1. The van der Waals surface area contributed by atoms with Crippen molar-refractivity contribution in [2.75, 3.05) is 0 Å². The Balaban J connectivity index is 2.26. The van der Waals surface area contributed by atoms with Gasteiger partial charge in [-0.15, -0.1) is 0 Å². The van der Waals surface area contributed by atoms with Crippen molar-refractivity contribution in [3.63, 3.8) is 0 Å². The molecule has 1 atom stereocenters. The number of urea groups is 1. The fourth-order valence-corrected chi connectivity index (χ4v) is 2.09. The van der Waals surface area contributed by atoms with Crippen LogP contribution in [0, 0.1) is 11.3 Å². The molecule has 1 unspecified atom stereocenters. The molecule has 1 rings (SSSR count). The van der Waals surface area contributed by atoms with Crippen LogP contribution in [-0.4, -0.2) is 18.1 Å². The maximum Gasteiger partial charge on any atom is 0.316 e. The van der Waals surface area contributed by atoms with Crippen LogP contribution in [0.5, 0.6) is 0 Å². The lowest BCUT2D eigenvalue weighted by Crippen LogP contribution is -2.46. The van der Waals surface area contributed by atoms with Crippen LogP contribution in [0.2, 0.25) is 0 Å². The number of carbonyl (C=O) groups is 1. The molecule has 0 saturated heterocycles. The molecule has 4 heteroatoms. The molecule has 4 nitrogen and oxygen atoms in total. The van der Waals surface area contributed by atoms with Crippen molar-refractivity contribution >= 4 is 6.03 Å². The first-order valence-corrected chi connectivity index (χ1v) is 6.23. The smallest absolute Gasteiger partial charge is 0.316 e. The Kier molecular flexibility index (Phi) is 5.69. The fraction of sp³-hybridized carbons (Fsp3) is 0.833. The molecule has 0 aromatic heterocycles. The third-order valence-corrected chi connectivity index (χ3v) is 2.98. The van der Waals surface area contributed by atoms with Gasteiger partial charge in [-0.3, -0.25) is 0 Å². The minimum atomic E-state index is -0.353. The van der Waals surface area contributed by atoms with Crippen LogP contribution in [-0.2, 0) is 0 Å². The van der Waals surface area contributed by atoms with Gasteiger partial charge in [0.25, 0.3) is 0 Å². The Morgan fingerprint density at radius 1 is 1.44 bits per heavy atom. The van der Waals surface area contributed by atoms with Gasteiger partial charge in [-0.05, 0) is 19.3 Å². The Labute approximate surface area is 97.4 Å². The Morgan fingerprint density at radius 3 is 2.69 bits per heavy atom. The van der Waals surface area contributed by atoms with Crippen LogP contribution in [0.1, 0.15) is 51.9 Å². The van der Waals surface area contributed by atoms with Crippen molar-refractivity contribution < 1.29 is 4.79 Å². The predicted molar refractivity (Wildman–Crippen MR) is 62.8 cm³/mol. The van der Waals surface area contributed by atoms with Crippen molar-refractivity contribution in [3.05, 3.63) is 0 Å². The normalized spacial score (nSPS) is 18.5. The number of amides is 2. The van der Waals surface area contributed by atoms with E-state index in [1.807, 2.05) is 6.92 Å². The minimum absolute atomic E-state index is 0.188. The lowest BCUT2D eigenvalue weighted by Gasteiger charge is -2.23. The number of nitrogens with zero attached hydrogens (tertiary/aromatic N) is 1. The van der Waals surface area contributed by atoms with Gasteiger partial charge in [0, 0.05) is 6.04 Å². The molecule has 16 heavy (non-hydrogen) atoms. The molecule has 0 spiro atoms. The molecule has 2 amide bonds. The van der Waals surface area contributed by atoms with Crippen LogP contribution in [0.15, 0.2) is 0 Å². The summed E-state index contributed by atoms with van der Waals surface area (Å²) in [4.78, 5) is 11.6. The fourth-order valence-electron chi connectivity index (χ4n) is 2.09. The van der Waals surface area contributed by atoms with E-state index in [0.29, 0.717) is 12.5 Å². The molecule has 2 N–H and O–H groups in total. The highest BCUT2D eigenvalue weighted by atomic mass is 16.2. The molecule has 0 aromatic rings. The molecule has 0 aromatic carbocycles. The molecule has 90 valence electrons. The number of nitriles is 1. The summed E-state index contributed by atoms with van der Waals surface area (Å²) >= 11 is 0. The lowest BCUT2D eigenvalue weighted by molar-refractivity contribution is 0.230. The summed E-state index contributed by atoms with van der Waals surface area (Å²) in [6.07, 6.45) is 7.42. The van der Waals surface area contributed by atoms with Crippen molar-refractivity contribution in [2.45, 2.75) is 64.0 Å². The second kappa shape index (κ2) is 7.10. The average molecular weight is 223 g/mol. The van der Waals surface area contributed by atoms with Crippen molar-refractivity contribution in [1.29, 1.82) is 5.26 Å². The highest BCUT2D eigenvalue weighted by Crippen LogP contribution is 2.17. The average Bonchev–Trinajstić information content (AvgIpc) is 2.29. The second-order valence-corrected chi connectivity index (χ2v) is 4.42. The third-order valence-electron chi connectivity index (χ3n) is 2.98. The zero-order valence-electron chi connectivity index (χ0n) is 9.96. The first kappa shape index (κ1) is 12.8. The lowest BCUT2D eigenvalue weighted by atomic mass is 9.96. The maximum atomic E-state index is 11.6. The van der Waals surface area contributed by atoms with Gasteiger partial charge in [-0.1, -0.05) is 32.6 Å². The standard InChI is InChI=1S/C12H21N3O/c1-2-6-11(9-13)15-12(16)14-10-7-4-3-5-8-10/h10-11H,2-8H2,1H3,(H2,14,15,16). The van der Waals surface area contributed by atoms with E-state index in [4.69, 9.17) is 5.26 Å². The first-order valence-electron chi connectivity index (χ1n) is 6.23. The van der Waals surface area contributed by atoms with Crippen molar-refractivity contribution in [1.82, 2.24) is 10.6 Å². The number of hydrogen-bond acceptors (Lipinski definition) is 2. The summed E-state index contributed by atoms with van der Waals surface area (Å²) in [5, 5.41) is 14.5. The largest absolute Gasteiger partial charge is 0.335 e. The Bertz CT molecular complexity index is 253. The van der Waals surface area contributed by atoms with Gasteiger partial charge >= 0.3 is 6.03 Å². The minimum Gasteiger partial charge on any atom is -0.335 e. The molecular weight excluding hydrogens is 202 g/mol. The molecule has 1 aliphatic rings. The van der Waals surface area contributed by atoms with E-state index in [1.165, 1.54) is 19.3 Å². The van der Waals surface area contributed by atoms with Gasteiger partial charge in [-0.25, -0.2) is 4.79 Å². The highest BCUT2D eigenvalue weighted by Gasteiger charge is 2.17. The van der Waals surface area contributed by atoms with E-state index in [2.05, 4.69) is 16.7 Å². The van der Waals surface area contributed by atoms with E-state index < -0.39 is 0 Å². The van der Waals surface area contributed by atoms with Gasteiger partial charge in [0.2, 0.25) is 0 Å². The molecule has 1 aliphatic carbocycles. The summed E-state index contributed by atoms with van der Waals surface area (Å²) < 4.78 is 0. The molecule has 1 fully saturated rings. The van der Waals surface area contributed by atoms with Gasteiger partial charge in [-0.2, -0.15) is 5.26 Å². The van der Waals surface area contributed by atoms with Crippen molar-refractivity contribution in [3.8, 4) is 6.07 Å². The van der Waals surface area contributed by atoms with Crippen molar-refractivity contribution in [2.24, 2.45) is 0 Å². The van der Waals surface area contributed by atoms with E-state index in [-0.39, 0.29) is 12.1 Å². The topological polar surface area (TPSA) is 64.9 Å². The molecular formula is C12H21N3O. The van der Waals surface area contributed by atoms with Gasteiger partial charge < -0.3 is 10.6 Å². The molecule has 0 radical (unpaired) electrons. The predicted octanol–water partition coefficient (Wildman–Crippen LogP) is 2.31. The summed E-state index contributed by atoms with van der Waals surface area (Å²) in [5.41, 5.74) is 0. The van der Waals surface area contributed by atoms with E-state index in [0.717, 1.165) is 19.3 Å². The number of nitrogens with one attached hydrogen (secondary N) is 2. The molecule has 0 bridgehead atoms. The van der Waals surface area contributed by atoms with E-state index in [1.54, 1.807) is 0 Å². The van der Waals surface area contributed by atoms with Crippen LogP contribution >= 0.6 is 0 Å². The maximum absolute atomic E-state index is 11.6. The van der Waals surface area contributed by atoms with Gasteiger partial charge in [0.15, 0.2) is 0 Å². The summed E-state index contributed by atoms with van der Waals surface area (Å²) in [6, 6.07) is 1.86. The van der Waals surface area contributed by atoms with Crippen LogP contribution < -0.4 is 10.6 Å². The summed E-state index contributed by atoms with van der Waals surface area (Å²) in [6.45, 7) is 2.01. The zero-order chi connectivity index (χ0) is 11.8. The molecule has 0 heterocycles. The van der Waals surface area contributed by atoms with Gasteiger partial charge in [0.1, 0.15) is 6.04 Å².